The van der Waals surface area contributed by atoms with E-state index < -0.39 is 6.16 Å². The van der Waals surface area contributed by atoms with Gasteiger partial charge in [-0.25, -0.2) is 4.79 Å². The molecule has 2 atom stereocenters. The summed E-state index contributed by atoms with van der Waals surface area (Å²) in [5, 5.41) is 2.06. The van der Waals surface area contributed by atoms with Crippen molar-refractivity contribution < 1.29 is 23.6 Å². The van der Waals surface area contributed by atoms with E-state index >= 15 is 0 Å². The van der Waals surface area contributed by atoms with Crippen LogP contribution >= 0.6 is 11.3 Å². The highest BCUT2D eigenvalue weighted by molar-refractivity contribution is 7.07. The first-order valence-corrected chi connectivity index (χ1v) is 14.5. The van der Waals surface area contributed by atoms with Gasteiger partial charge in [0.05, 0.1) is 24.7 Å². The summed E-state index contributed by atoms with van der Waals surface area (Å²) >= 11 is 1.68. The van der Waals surface area contributed by atoms with Crippen LogP contribution in [0.15, 0.2) is 17.1 Å². The summed E-state index contributed by atoms with van der Waals surface area (Å²) < 4.78 is 18.4. The number of thiazole rings is 1. The fourth-order valence-electron chi connectivity index (χ4n) is 4.51. The SMILES string of the molecule is CCCCCCCCCCCCCC[C@@H]1CO[C@@H](COC(=O)OCCCC[n+]2ccsc2)C1. The number of carbonyl (C=O) groups is 1. The molecule has 1 aliphatic heterocycles. The van der Waals surface area contributed by atoms with Gasteiger partial charge in [-0.2, -0.15) is 4.57 Å². The summed E-state index contributed by atoms with van der Waals surface area (Å²) in [4.78, 5) is 11.8. The van der Waals surface area contributed by atoms with Crippen molar-refractivity contribution in [3.05, 3.63) is 17.1 Å². The van der Waals surface area contributed by atoms with Crippen molar-refractivity contribution in [2.45, 2.75) is 122 Å². The molecule has 0 saturated carbocycles. The van der Waals surface area contributed by atoms with E-state index in [1.165, 1.54) is 83.5 Å². The number of ether oxygens (including phenoxy) is 3. The standard InChI is InChI=1S/C27H48NO4S/c1-2-3-4-5-6-7-8-9-10-11-12-13-16-25-21-26(31-22-25)23-32-27(29)30-19-15-14-17-28-18-20-33-24-28/h18,20,24-26H,2-17,19,21-23H2,1H3/q+1/t25-,26+/m0/s1. The molecule has 0 spiro atoms. The van der Waals surface area contributed by atoms with Gasteiger partial charge in [-0.15, -0.1) is 0 Å². The number of rotatable bonds is 20. The number of aryl methyl sites for hydroxylation is 1. The van der Waals surface area contributed by atoms with Gasteiger partial charge in [0.1, 0.15) is 13.2 Å². The van der Waals surface area contributed by atoms with Crippen LogP contribution in [0.2, 0.25) is 0 Å². The lowest BCUT2D eigenvalue weighted by molar-refractivity contribution is -0.692. The van der Waals surface area contributed by atoms with Gasteiger partial charge >= 0.3 is 6.16 Å². The van der Waals surface area contributed by atoms with Crippen LogP contribution in [0.25, 0.3) is 0 Å². The number of nitrogens with zero attached hydrogens (tertiary/aromatic N) is 1. The van der Waals surface area contributed by atoms with E-state index in [1.807, 2.05) is 0 Å². The molecule has 0 amide bonds. The van der Waals surface area contributed by atoms with E-state index in [2.05, 4.69) is 28.6 Å². The van der Waals surface area contributed by atoms with Crippen LogP contribution in [-0.2, 0) is 20.8 Å². The number of hydrogen-bond donors (Lipinski definition) is 0. The molecule has 0 aliphatic carbocycles. The smallest absolute Gasteiger partial charge is 0.434 e. The third-order valence-electron chi connectivity index (χ3n) is 6.57. The van der Waals surface area contributed by atoms with Crippen molar-refractivity contribution in [3.63, 3.8) is 0 Å². The Kier molecular flexibility index (Phi) is 16.3. The van der Waals surface area contributed by atoms with Gasteiger partial charge in [0.15, 0.2) is 6.20 Å². The molecule has 2 heterocycles. The highest BCUT2D eigenvalue weighted by Gasteiger charge is 2.26. The Morgan fingerprint density at radius 3 is 2.30 bits per heavy atom. The minimum atomic E-state index is -0.564. The number of carbonyl (C=O) groups excluding carboxylic acids is 1. The van der Waals surface area contributed by atoms with Crippen LogP contribution in [0.1, 0.15) is 110 Å². The molecule has 1 saturated heterocycles. The average Bonchev–Trinajstić information content (AvgIpc) is 3.50. The monoisotopic (exact) mass is 482 g/mol. The Morgan fingerprint density at radius 2 is 1.64 bits per heavy atom. The summed E-state index contributed by atoms with van der Waals surface area (Å²) in [7, 11) is 0. The Bertz CT molecular complexity index is 581. The molecule has 0 unspecified atom stereocenters. The molecular formula is C27H48NO4S+. The van der Waals surface area contributed by atoms with Gasteiger partial charge in [-0.05, 0) is 25.2 Å². The summed E-state index contributed by atoms with van der Waals surface area (Å²) in [6.45, 7) is 4.77. The van der Waals surface area contributed by atoms with E-state index in [1.54, 1.807) is 11.3 Å². The van der Waals surface area contributed by atoms with Crippen molar-refractivity contribution >= 4 is 17.5 Å². The topological polar surface area (TPSA) is 48.6 Å². The van der Waals surface area contributed by atoms with Gasteiger partial charge in [-0.1, -0.05) is 95.3 Å². The molecule has 2 rings (SSSR count). The van der Waals surface area contributed by atoms with Crippen molar-refractivity contribution in [1.82, 2.24) is 0 Å². The first-order chi connectivity index (χ1) is 16.3. The van der Waals surface area contributed by atoms with Crippen molar-refractivity contribution in [3.8, 4) is 0 Å². The Labute approximate surface area is 206 Å². The lowest BCUT2D eigenvalue weighted by Gasteiger charge is -2.11. The van der Waals surface area contributed by atoms with Gasteiger partial charge in [0.2, 0.25) is 5.51 Å². The highest BCUT2D eigenvalue weighted by Crippen LogP contribution is 2.25. The first-order valence-electron chi connectivity index (χ1n) is 13.6. The molecule has 0 radical (unpaired) electrons. The normalized spacial score (nSPS) is 18.0. The third kappa shape index (κ3) is 14.7. The predicted molar refractivity (Wildman–Crippen MR) is 135 cm³/mol. The third-order valence-corrected chi connectivity index (χ3v) is 7.25. The van der Waals surface area contributed by atoms with E-state index in [9.17, 15) is 4.79 Å². The van der Waals surface area contributed by atoms with Crippen molar-refractivity contribution in [2.24, 2.45) is 5.92 Å². The minimum absolute atomic E-state index is 0.0369. The first kappa shape index (κ1) is 28.1. The quantitative estimate of drug-likeness (QED) is 0.110. The van der Waals surface area contributed by atoms with E-state index in [-0.39, 0.29) is 6.10 Å². The Hall–Kier alpha value is -1.14. The summed E-state index contributed by atoms with van der Waals surface area (Å²) in [6.07, 6.45) is 22.3. The van der Waals surface area contributed by atoms with Crippen LogP contribution in [0, 0.1) is 5.92 Å². The molecule has 1 fully saturated rings. The second kappa shape index (κ2) is 19.2. The molecule has 1 aliphatic rings. The lowest BCUT2D eigenvalue weighted by Crippen LogP contribution is -2.29. The van der Waals surface area contributed by atoms with Gasteiger partial charge in [-0.3, -0.25) is 0 Å². The molecule has 6 heteroatoms. The molecule has 5 nitrogen and oxygen atoms in total. The predicted octanol–water partition coefficient (Wildman–Crippen LogP) is 7.47. The second-order valence-corrected chi connectivity index (χ2v) is 10.4. The number of hydrogen-bond acceptors (Lipinski definition) is 5. The molecule has 1 aromatic heterocycles. The van der Waals surface area contributed by atoms with Crippen LogP contribution in [0.4, 0.5) is 4.79 Å². The Morgan fingerprint density at radius 1 is 0.939 bits per heavy atom. The summed E-state index contributed by atoms with van der Waals surface area (Å²) in [5.74, 6) is 0.618. The highest BCUT2D eigenvalue weighted by atomic mass is 32.1. The zero-order valence-corrected chi connectivity index (χ0v) is 21.8. The number of aromatic nitrogens is 1. The van der Waals surface area contributed by atoms with E-state index in [4.69, 9.17) is 14.2 Å². The number of unbranched alkanes of at least 4 members (excludes halogenated alkanes) is 12. The van der Waals surface area contributed by atoms with Crippen molar-refractivity contribution in [1.29, 1.82) is 0 Å². The van der Waals surface area contributed by atoms with Gasteiger partial charge in [0, 0.05) is 6.42 Å². The van der Waals surface area contributed by atoms with Crippen LogP contribution in [0.5, 0.6) is 0 Å². The molecule has 1 aromatic rings. The summed E-state index contributed by atoms with van der Waals surface area (Å²) in [5.41, 5.74) is 2.09. The van der Waals surface area contributed by atoms with Gasteiger partial charge in [0.25, 0.3) is 0 Å². The van der Waals surface area contributed by atoms with Crippen LogP contribution in [-0.4, -0.2) is 32.1 Å². The van der Waals surface area contributed by atoms with Crippen molar-refractivity contribution in [2.75, 3.05) is 19.8 Å². The van der Waals surface area contributed by atoms with Crippen LogP contribution < -0.4 is 4.57 Å². The lowest BCUT2D eigenvalue weighted by atomic mass is 9.97. The molecular weight excluding hydrogens is 434 g/mol. The second-order valence-electron chi connectivity index (χ2n) is 9.62. The van der Waals surface area contributed by atoms with Gasteiger partial charge < -0.3 is 14.2 Å². The molecule has 190 valence electrons. The largest absolute Gasteiger partial charge is 0.508 e. The Balaban J connectivity index is 1.33. The van der Waals surface area contributed by atoms with E-state index in [0.717, 1.165) is 32.4 Å². The average molecular weight is 483 g/mol. The van der Waals surface area contributed by atoms with Crippen LogP contribution in [0.3, 0.4) is 0 Å². The maximum Gasteiger partial charge on any atom is 0.508 e. The maximum absolute atomic E-state index is 11.8. The molecule has 0 aromatic carbocycles. The fraction of sp³-hybridized carbons (Fsp3) is 0.852. The molecule has 0 bridgehead atoms. The minimum Gasteiger partial charge on any atom is -0.434 e. The van der Waals surface area contributed by atoms with E-state index in [0.29, 0.717) is 19.1 Å². The maximum atomic E-state index is 11.8. The molecule has 0 N–H and O–H groups in total. The zero-order chi connectivity index (χ0) is 23.4. The zero-order valence-electron chi connectivity index (χ0n) is 21.0. The molecule has 33 heavy (non-hydrogen) atoms. The summed E-state index contributed by atoms with van der Waals surface area (Å²) in [6, 6.07) is 0. The fourth-order valence-corrected chi connectivity index (χ4v) is 5.14.